The molecule has 0 unspecified atom stereocenters. The molecule has 28 heavy (non-hydrogen) atoms. The summed E-state index contributed by atoms with van der Waals surface area (Å²) in [6, 6.07) is 19.3. The molecule has 0 saturated heterocycles. The smallest absolute Gasteiger partial charge is 0.305 e. The zero-order valence-corrected chi connectivity index (χ0v) is 15.3. The Morgan fingerprint density at radius 3 is 2.29 bits per heavy atom. The Bertz CT molecular complexity index is 919. The molecule has 7 heteroatoms. The van der Waals surface area contributed by atoms with Crippen LogP contribution in [0.2, 0.25) is 0 Å². The molecule has 0 bridgehead atoms. The minimum atomic E-state index is -0.560. The number of rotatable bonds is 7. The van der Waals surface area contributed by atoms with Gasteiger partial charge in [0.15, 0.2) is 5.76 Å². The fraction of sp³-hybridized carbons (Fsp3) is 0.143. The van der Waals surface area contributed by atoms with E-state index >= 15 is 0 Å². The van der Waals surface area contributed by atoms with Crippen molar-refractivity contribution in [1.82, 2.24) is 10.9 Å². The molecule has 0 saturated carbocycles. The Hall–Kier alpha value is -3.58. The summed E-state index contributed by atoms with van der Waals surface area (Å²) in [4.78, 5) is 24.2. The molecule has 3 rings (SSSR count). The number of nitrogens with one attached hydrogen (secondary N) is 2. The summed E-state index contributed by atoms with van der Waals surface area (Å²) in [6.07, 6.45) is 0. The second-order valence-corrected chi connectivity index (χ2v) is 5.91. The number of furan rings is 1. The minimum absolute atomic E-state index is 0.0717. The van der Waals surface area contributed by atoms with E-state index in [9.17, 15) is 9.59 Å². The molecule has 7 nitrogen and oxygen atoms in total. The number of hydrogen-bond acceptors (Lipinski definition) is 5. The average Bonchev–Trinajstić information content (AvgIpc) is 3.21. The molecule has 0 radical (unpaired) electrons. The lowest BCUT2D eigenvalue weighted by Crippen LogP contribution is -2.41. The number of benzene rings is 2. The van der Waals surface area contributed by atoms with E-state index in [1.165, 1.54) is 6.07 Å². The number of carbonyl (C=O) groups is 2. The number of ether oxygens (including phenoxy) is 2. The fourth-order valence-electron chi connectivity index (χ4n) is 2.42. The van der Waals surface area contributed by atoms with E-state index in [0.717, 1.165) is 5.56 Å². The molecular formula is C21H20N2O5. The molecule has 2 aromatic carbocycles. The topological polar surface area (TPSA) is 89.8 Å². The van der Waals surface area contributed by atoms with Crippen LogP contribution in [0.1, 0.15) is 32.2 Å². The van der Waals surface area contributed by atoms with Crippen LogP contribution in [0.3, 0.4) is 0 Å². The fourth-order valence-corrected chi connectivity index (χ4v) is 2.42. The van der Waals surface area contributed by atoms with Gasteiger partial charge in [-0.05, 0) is 42.0 Å². The third-order valence-electron chi connectivity index (χ3n) is 3.83. The van der Waals surface area contributed by atoms with Gasteiger partial charge < -0.3 is 13.9 Å². The highest BCUT2D eigenvalue weighted by Gasteiger charge is 2.13. The summed E-state index contributed by atoms with van der Waals surface area (Å²) in [6.45, 7) is 0.658. The lowest BCUT2D eigenvalue weighted by Gasteiger charge is -2.07. The third-order valence-corrected chi connectivity index (χ3v) is 3.83. The Morgan fingerprint density at radius 1 is 0.857 bits per heavy atom. The summed E-state index contributed by atoms with van der Waals surface area (Å²) < 4.78 is 16.0. The number of amides is 2. The molecule has 0 spiro atoms. The third kappa shape index (κ3) is 5.21. The Labute approximate surface area is 162 Å². The summed E-state index contributed by atoms with van der Waals surface area (Å²) in [5, 5.41) is 0. The van der Waals surface area contributed by atoms with Crippen molar-refractivity contribution in [2.75, 3.05) is 7.11 Å². The highest BCUT2D eigenvalue weighted by atomic mass is 16.5. The van der Waals surface area contributed by atoms with Crippen molar-refractivity contribution in [3.8, 4) is 5.75 Å². The number of methoxy groups -OCH3 is 1. The van der Waals surface area contributed by atoms with Gasteiger partial charge in [0.1, 0.15) is 18.1 Å². The quantitative estimate of drug-likeness (QED) is 0.615. The second kappa shape index (κ2) is 9.38. The van der Waals surface area contributed by atoms with Crippen LogP contribution in [-0.4, -0.2) is 18.9 Å². The summed E-state index contributed by atoms with van der Waals surface area (Å²) in [5.41, 5.74) is 6.04. The van der Waals surface area contributed by atoms with Crippen molar-refractivity contribution >= 4 is 11.8 Å². The maximum absolute atomic E-state index is 12.1. The largest absolute Gasteiger partial charge is 0.486 e. The zero-order valence-electron chi connectivity index (χ0n) is 15.3. The van der Waals surface area contributed by atoms with Gasteiger partial charge in [-0.25, -0.2) is 0 Å². The van der Waals surface area contributed by atoms with Crippen molar-refractivity contribution in [1.29, 1.82) is 0 Å². The van der Waals surface area contributed by atoms with Crippen molar-refractivity contribution < 1.29 is 23.5 Å². The van der Waals surface area contributed by atoms with Crippen LogP contribution in [0.25, 0.3) is 0 Å². The minimum Gasteiger partial charge on any atom is -0.486 e. The maximum atomic E-state index is 12.1. The summed E-state index contributed by atoms with van der Waals surface area (Å²) in [5.74, 6) is 0.275. The van der Waals surface area contributed by atoms with Crippen LogP contribution >= 0.6 is 0 Å². The van der Waals surface area contributed by atoms with E-state index < -0.39 is 11.8 Å². The van der Waals surface area contributed by atoms with Crippen molar-refractivity contribution in [2.45, 2.75) is 13.2 Å². The molecular weight excluding hydrogens is 360 g/mol. The first-order valence-corrected chi connectivity index (χ1v) is 8.61. The van der Waals surface area contributed by atoms with Crippen molar-refractivity contribution in [3.05, 3.63) is 89.4 Å². The van der Waals surface area contributed by atoms with Crippen molar-refractivity contribution in [2.24, 2.45) is 0 Å². The maximum Gasteiger partial charge on any atom is 0.305 e. The van der Waals surface area contributed by atoms with Crippen LogP contribution in [-0.2, 0) is 18.0 Å². The second-order valence-electron chi connectivity index (χ2n) is 5.91. The molecule has 3 aromatic rings. The number of hydrazine groups is 1. The predicted molar refractivity (Wildman–Crippen MR) is 102 cm³/mol. The van der Waals surface area contributed by atoms with Gasteiger partial charge in [-0.15, -0.1) is 0 Å². The van der Waals surface area contributed by atoms with E-state index in [2.05, 4.69) is 10.9 Å². The average molecular weight is 380 g/mol. The van der Waals surface area contributed by atoms with E-state index in [-0.39, 0.29) is 12.4 Å². The number of hydrogen-bond donors (Lipinski definition) is 2. The highest BCUT2D eigenvalue weighted by molar-refractivity contribution is 5.97. The first-order chi connectivity index (χ1) is 13.7. The zero-order chi connectivity index (χ0) is 19.8. The Balaban J connectivity index is 1.49. The van der Waals surface area contributed by atoms with Gasteiger partial charge in [0.25, 0.3) is 5.91 Å². The SMILES string of the molecule is COCc1ccc(C(=O)NNC(=O)c2ccc(COc3ccccc3)o2)cc1. The number of para-hydroxylation sites is 1. The standard InChI is InChI=1S/C21H20N2O5/c1-26-13-15-7-9-16(10-8-15)20(24)22-23-21(25)19-12-11-18(28-19)14-27-17-5-3-2-4-6-17/h2-12H,13-14H2,1H3,(H,22,24)(H,23,25). The molecule has 0 aliphatic rings. The van der Waals surface area contributed by atoms with E-state index in [1.807, 2.05) is 30.3 Å². The molecule has 1 aromatic heterocycles. The van der Waals surface area contributed by atoms with Gasteiger partial charge in [-0.3, -0.25) is 20.4 Å². The van der Waals surface area contributed by atoms with E-state index in [4.69, 9.17) is 13.9 Å². The van der Waals surface area contributed by atoms with Crippen LogP contribution in [0, 0.1) is 0 Å². The molecule has 0 aliphatic carbocycles. The Kier molecular flexibility index (Phi) is 6.43. The van der Waals surface area contributed by atoms with Crippen LogP contribution in [0.15, 0.2) is 71.1 Å². The predicted octanol–water partition coefficient (Wildman–Crippen LogP) is 3.08. The molecule has 2 N–H and O–H groups in total. The van der Waals surface area contributed by atoms with Crippen molar-refractivity contribution in [3.63, 3.8) is 0 Å². The monoisotopic (exact) mass is 380 g/mol. The lowest BCUT2D eigenvalue weighted by molar-refractivity contribution is 0.0828. The van der Waals surface area contributed by atoms with Gasteiger partial charge in [0.05, 0.1) is 6.61 Å². The van der Waals surface area contributed by atoms with Crippen LogP contribution in [0.4, 0.5) is 0 Å². The van der Waals surface area contributed by atoms with Gasteiger partial charge in [0.2, 0.25) is 0 Å². The van der Waals surface area contributed by atoms with Crippen LogP contribution in [0.5, 0.6) is 5.75 Å². The summed E-state index contributed by atoms with van der Waals surface area (Å²) >= 11 is 0. The molecule has 0 atom stereocenters. The molecule has 0 aliphatic heterocycles. The first kappa shape index (κ1) is 19.2. The van der Waals surface area contributed by atoms with Gasteiger partial charge in [-0.2, -0.15) is 0 Å². The Morgan fingerprint density at radius 2 is 1.57 bits per heavy atom. The van der Waals surface area contributed by atoms with Crippen LogP contribution < -0.4 is 15.6 Å². The van der Waals surface area contributed by atoms with E-state index in [0.29, 0.717) is 23.7 Å². The highest BCUT2D eigenvalue weighted by Crippen LogP contribution is 2.14. The normalized spacial score (nSPS) is 10.3. The molecule has 1 heterocycles. The molecule has 144 valence electrons. The van der Waals surface area contributed by atoms with Gasteiger partial charge >= 0.3 is 5.91 Å². The van der Waals surface area contributed by atoms with Gasteiger partial charge in [-0.1, -0.05) is 30.3 Å². The summed E-state index contributed by atoms with van der Waals surface area (Å²) in [7, 11) is 1.60. The van der Waals surface area contributed by atoms with Gasteiger partial charge in [0, 0.05) is 12.7 Å². The lowest BCUT2D eigenvalue weighted by atomic mass is 10.1. The molecule has 0 fully saturated rings. The number of carbonyl (C=O) groups excluding carboxylic acids is 2. The first-order valence-electron chi connectivity index (χ1n) is 8.61. The van der Waals surface area contributed by atoms with E-state index in [1.54, 1.807) is 37.4 Å². The molecule has 2 amide bonds.